The summed E-state index contributed by atoms with van der Waals surface area (Å²) in [5.74, 6) is -0.672. The first-order chi connectivity index (χ1) is 11.4. The Morgan fingerprint density at radius 1 is 1.08 bits per heavy atom. The number of benzene rings is 2. The fourth-order valence-corrected chi connectivity index (χ4v) is 2.49. The maximum Gasteiger partial charge on any atom is 0.248 e. The number of hydrogen-bond acceptors (Lipinski definition) is 3. The van der Waals surface area contributed by atoms with E-state index in [4.69, 9.17) is 17.3 Å². The number of nitrogens with two attached hydrogens (primary N) is 1. The fourth-order valence-electron chi connectivity index (χ4n) is 2.29. The Kier molecular flexibility index (Phi) is 5.95. The SMILES string of the molecule is C[C@H](N[C@@H](C)c1cccc(Cl)c1)C(=O)Nc1ccc(C(N)=O)cc1. The van der Waals surface area contributed by atoms with Crippen molar-refractivity contribution >= 4 is 29.1 Å². The van der Waals surface area contributed by atoms with E-state index in [2.05, 4.69) is 10.6 Å². The van der Waals surface area contributed by atoms with Crippen molar-refractivity contribution in [1.29, 1.82) is 0 Å². The third-order valence-corrected chi connectivity index (χ3v) is 3.91. The molecule has 0 heterocycles. The van der Waals surface area contributed by atoms with E-state index in [-0.39, 0.29) is 11.9 Å². The lowest BCUT2D eigenvalue weighted by molar-refractivity contribution is -0.117. The number of carbonyl (C=O) groups is 2. The summed E-state index contributed by atoms with van der Waals surface area (Å²) >= 11 is 5.99. The van der Waals surface area contributed by atoms with Crippen LogP contribution in [0.2, 0.25) is 5.02 Å². The molecule has 2 aromatic carbocycles. The Labute approximate surface area is 146 Å². The smallest absolute Gasteiger partial charge is 0.248 e. The first-order valence-electron chi connectivity index (χ1n) is 7.59. The summed E-state index contributed by atoms with van der Waals surface area (Å²) in [6.45, 7) is 3.76. The summed E-state index contributed by atoms with van der Waals surface area (Å²) in [7, 11) is 0. The molecular weight excluding hydrogens is 326 g/mol. The standard InChI is InChI=1S/C18H20ClN3O2/c1-11(14-4-3-5-15(19)10-14)21-12(2)18(24)22-16-8-6-13(7-9-16)17(20)23/h3-12,21H,1-2H3,(H2,20,23)(H,22,24)/t11-,12-/m0/s1. The summed E-state index contributed by atoms with van der Waals surface area (Å²) in [6.07, 6.45) is 0. The molecule has 0 aliphatic carbocycles. The van der Waals surface area contributed by atoms with E-state index in [0.29, 0.717) is 16.3 Å². The Hall–Kier alpha value is -2.37. The van der Waals surface area contributed by atoms with Gasteiger partial charge in [-0.15, -0.1) is 0 Å². The van der Waals surface area contributed by atoms with Crippen LogP contribution in [0, 0.1) is 0 Å². The largest absolute Gasteiger partial charge is 0.366 e. The molecular formula is C18H20ClN3O2. The van der Waals surface area contributed by atoms with Gasteiger partial charge in [-0.05, 0) is 55.8 Å². The van der Waals surface area contributed by atoms with Crippen molar-refractivity contribution in [3.8, 4) is 0 Å². The van der Waals surface area contributed by atoms with E-state index < -0.39 is 11.9 Å². The molecule has 0 saturated carbocycles. The lowest BCUT2D eigenvalue weighted by Crippen LogP contribution is -2.39. The van der Waals surface area contributed by atoms with Crippen molar-refractivity contribution in [2.45, 2.75) is 25.9 Å². The Morgan fingerprint density at radius 3 is 2.33 bits per heavy atom. The second kappa shape index (κ2) is 7.95. The highest BCUT2D eigenvalue weighted by Gasteiger charge is 2.16. The van der Waals surface area contributed by atoms with Crippen molar-refractivity contribution in [1.82, 2.24) is 5.32 Å². The van der Waals surface area contributed by atoms with Gasteiger partial charge in [0.05, 0.1) is 6.04 Å². The molecule has 2 aromatic rings. The number of primary amides is 1. The number of anilines is 1. The predicted molar refractivity (Wildman–Crippen MR) is 96.1 cm³/mol. The van der Waals surface area contributed by atoms with Crippen LogP contribution in [0.5, 0.6) is 0 Å². The van der Waals surface area contributed by atoms with Gasteiger partial charge in [0.2, 0.25) is 11.8 Å². The first kappa shape index (κ1) is 18.0. The van der Waals surface area contributed by atoms with Gasteiger partial charge in [0.25, 0.3) is 0 Å². The minimum atomic E-state index is -0.502. The number of nitrogens with one attached hydrogen (secondary N) is 2. The van der Waals surface area contributed by atoms with Gasteiger partial charge in [-0.2, -0.15) is 0 Å². The Bertz CT molecular complexity index is 731. The molecule has 0 unspecified atom stereocenters. The molecule has 6 heteroatoms. The molecule has 0 aliphatic heterocycles. The number of hydrogen-bond donors (Lipinski definition) is 3. The van der Waals surface area contributed by atoms with Gasteiger partial charge in [0.1, 0.15) is 0 Å². The van der Waals surface area contributed by atoms with Gasteiger partial charge < -0.3 is 11.1 Å². The van der Waals surface area contributed by atoms with E-state index in [0.717, 1.165) is 5.56 Å². The number of halogens is 1. The molecule has 126 valence electrons. The van der Waals surface area contributed by atoms with Crippen molar-refractivity contribution in [3.05, 3.63) is 64.7 Å². The number of carbonyl (C=O) groups excluding carboxylic acids is 2. The monoisotopic (exact) mass is 345 g/mol. The molecule has 0 spiro atoms. The highest BCUT2D eigenvalue weighted by atomic mass is 35.5. The maximum atomic E-state index is 12.3. The molecule has 24 heavy (non-hydrogen) atoms. The second-order valence-corrected chi connectivity index (χ2v) is 6.03. The van der Waals surface area contributed by atoms with Crippen LogP contribution < -0.4 is 16.4 Å². The van der Waals surface area contributed by atoms with Crippen LogP contribution in [-0.4, -0.2) is 17.9 Å². The summed E-state index contributed by atoms with van der Waals surface area (Å²) < 4.78 is 0. The normalized spacial score (nSPS) is 13.1. The third-order valence-electron chi connectivity index (χ3n) is 3.68. The lowest BCUT2D eigenvalue weighted by atomic mass is 10.1. The van der Waals surface area contributed by atoms with Crippen LogP contribution in [0.1, 0.15) is 35.8 Å². The molecule has 4 N–H and O–H groups in total. The Morgan fingerprint density at radius 2 is 1.75 bits per heavy atom. The van der Waals surface area contributed by atoms with Crippen LogP contribution in [0.4, 0.5) is 5.69 Å². The van der Waals surface area contributed by atoms with E-state index in [1.54, 1.807) is 31.2 Å². The van der Waals surface area contributed by atoms with Crippen molar-refractivity contribution in [3.63, 3.8) is 0 Å². The highest BCUT2D eigenvalue weighted by Crippen LogP contribution is 2.18. The van der Waals surface area contributed by atoms with Gasteiger partial charge in [0, 0.05) is 22.3 Å². The summed E-state index contributed by atoms with van der Waals surface area (Å²) in [5, 5.41) is 6.68. The van der Waals surface area contributed by atoms with E-state index >= 15 is 0 Å². The summed E-state index contributed by atoms with van der Waals surface area (Å²) in [4.78, 5) is 23.3. The molecule has 5 nitrogen and oxygen atoms in total. The molecule has 2 atom stereocenters. The number of amides is 2. The Balaban J connectivity index is 1.95. The lowest BCUT2D eigenvalue weighted by Gasteiger charge is -2.20. The zero-order chi connectivity index (χ0) is 17.7. The molecule has 0 saturated heterocycles. The maximum absolute atomic E-state index is 12.3. The second-order valence-electron chi connectivity index (χ2n) is 5.60. The minimum Gasteiger partial charge on any atom is -0.366 e. The van der Waals surface area contributed by atoms with Crippen molar-refractivity contribution in [2.24, 2.45) is 5.73 Å². The van der Waals surface area contributed by atoms with Gasteiger partial charge in [-0.1, -0.05) is 23.7 Å². The zero-order valence-electron chi connectivity index (χ0n) is 13.5. The highest BCUT2D eigenvalue weighted by molar-refractivity contribution is 6.30. The van der Waals surface area contributed by atoms with Gasteiger partial charge in [-0.25, -0.2) is 0 Å². The first-order valence-corrected chi connectivity index (χ1v) is 7.97. The molecule has 0 aliphatic rings. The summed E-state index contributed by atoms with van der Waals surface area (Å²) in [5.41, 5.74) is 7.20. The zero-order valence-corrected chi connectivity index (χ0v) is 14.3. The number of rotatable bonds is 6. The minimum absolute atomic E-state index is 0.0262. The molecule has 0 bridgehead atoms. The van der Waals surface area contributed by atoms with Crippen LogP contribution in [0.3, 0.4) is 0 Å². The molecule has 0 radical (unpaired) electrons. The topological polar surface area (TPSA) is 84.2 Å². The van der Waals surface area contributed by atoms with Crippen LogP contribution in [-0.2, 0) is 4.79 Å². The van der Waals surface area contributed by atoms with E-state index in [1.165, 1.54) is 0 Å². The fraction of sp³-hybridized carbons (Fsp3) is 0.222. The summed E-state index contributed by atoms with van der Waals surface area (Å²) in [6, 6.07) is 13.5. The van der Waals surface area contributed by atoms with Gasteiger partial charge in [-0.3, -0.25) is 14.9 Å². The van der Waals surface area contributed by atoms with Gasteiger partial charge >= 0.3 is 0 Å². The van der Waals surface area contributed by atoms with Gasteiger partial charge in [0.15, 0.2) is 0 Å². The van der Waals surface area contributed by atoms with Crippen LogP contribution in [0.25, 0.3) is 0 Å². The van der Waals surface area contributed by atoms with Crippen LogP contribution >= 0.6 is 11.6 Å². The van der Waals surface area contributed by atoms with E-state index in [9.17, 15) is 9.59 Å². The van der Waals surface area contributed by atoms with Crippen molar-refractivity contribution < 1.29 is 9.59 Å². The molecule has 0 aromatic heterocycles. The third kappa shape index (κ3) is 4.81. The molecule has 0 fully saturated rings. The average molecular weight is 346 g/mol. The average Bonchev–Trinajstić information content (AvgIpc) is 2.55. The van der Waals surface area contributed by atoms with E-state index in [1.807, 2.05) is 31.2 Å². The molecule has 2 amide bonds. The quantitative estimate of drug-likeness (QED) is 0.752. The molecule has 2 rings (SSSR count). The predicted octanol–water partition coefficient (Wildman–Crippen LogP) is 3.12. The van der Waals surface area contributed by atoms with Crippen LogP contribution in [0.15, 0.2) is 48.5 Å². The van der Waals surface area contributed by atoms with Crippen molar-refractivity contribution in [2.75, 3.05) is 5.32 Å².